The topological polar surface area (TPSA) is 60.7 Å². The Bertz CT molecular complexity index is 2390. The summed E-state index contributed by atoms with van der Waals surface area (Å²) in [5.74, 6) is 16.6. The molecule has 0 spiro atoms. The Morgan fingerprint density at radius 3 is 1.11 bits per heavy atom. The van der Waals surface area contributed by atoms with Gasteiger partial charge in [-0.2, -0.15) is 0 Å². The quantitative estimate of drug-likeness (QED) is 0.0579. The van der Waals surface area contributed by atoms with Crippen molar-refractivity contribution in [1.82, 2.24) is 0 Å². The van der Waals surface area contributed by atoms with Crippen LogP contribution in [-0.4, -0.2) is 33.6 Å². The van der Waals surface area contributed by atoms with Crippen LogP contribution in [0.3, 0.4) is 0 Å². The van der Waals surface area contributed by atoms with E-state index >= 15 is 0 Å². The van der Waals surface area contributed by atoms with Gasteiger partial charge in [-0.1, -0.05) is 439 Å². The number of aliphatic hydroxyl groups is 3. The third-order valence-corrected chi connectivity index (χ3v) is 25.6. The van der Waals surface area contributed by atoms with Gasteiger partial charge >= 0.3 is 0 Å². The van der Waals surface area contributed by atoms with E-state index in [2.05, 4.69) is 267 Å². The van der Waals surface area contributed by atoms with Crippen LogP contribution in [0, 0.1) is 136 Å². The van der Waals surface area contributed by atoms with Gasteiger partial charge in [-0.25, -0.2) is 4.39 Å². The molecule has 0 saturated heterocycles. The molecule has 0 bridgehead atoms. The van der Waals surface area contributed by atoms with Gasteiger partial charge in [0.1, 0.15) is 5.82 Å². The lowest BCUT2D eigenvalue weighted by Gasteiger charge is -2.23. The number of aliphatic hydroxyl groups excluding tert-OH is 3. The number of unbranched alkanes of at least 4 members (excludes halogenated alkanes) is 7. The SMILES string of the molecule is CC(C)CCC(O)CCC(C)C(C)C.CC(C)CCCC(O)CC(C)C(C)C.CC(C)CCCCC(O)C(C)C(C)C.CC(C)CCCCCC(CC1CC1)C(C)C.CC(C)CCCCCC(Cc1ccc(F)cc1)C(C)C.CC(C)CCCCCC(Cc1cccc(C(C)(C)C)c1)C(C)C.[2H]C(CCC(C)C(C)C)C([2H])CC(C)C. The van der Waals surface area contributed by atoms with Crippen LogP contribution in [0.4, 0.5) is 4.39 Å². The predicted octanol–water partition coefficient (Wildman–Crippen LogP) is 35.8. The van der Waals surface area contributed by atoms with Crippen molar-refractivity contribution in [1.29, 1.82) is 0 Å². The first kappa shape index (κ1) is 114. The molecule has 0 amide bonds. The lowest BCUT2D eigenvalue weighted by atomic mass is 9.82. The van der Waals surface area contributed by atoms with E-state index in [1.165, 1.54) is 171 Å². The van der Waals surface area contributed by atoms with Gasteiger partial charge in [-0.05, 0) is 241 Å². The number of halogens is 1. The van der Waals surface area contributed by atoms with Gasteiger partial charge in [0.05, 0.1) is 18.3 Å². The van der Waals surface area contributed by atoms with Crippen molar-refractivity contribution in [3.63, 3.8) is 0 Å². The molecule has 2 aromatic carbocycles. The van der Waals surface area contributed by atoms with Crippen LogP contribution in [0.15, 0.2) is 48.5 Å². The summed E-state index contributed by atoms with van der Waals surface area (Å²) >= 11 is 0. The first-order chi connectivity index (χ1) is 53.9. The number of benzene rings is 2. The van der Waals surface area contributed by atoms with Crippen molar-refractivity contribution in [2.45, 2.75) is 504 Å². The summed E-state index contributed by atoms with van der Waals surface area (Å²) in [6.45, 7) is 79.5. The van der Waals surface area contributed by atoms with Crippen molar-refractivity contribution in [2.24, 2.45) is 130 Å². The molecule has 3 nitrogen and oxygen atoms in total. The van der Waals surface area contributed by atoms with E-state index in [4.69, 9.17) is 2.74 Å². The summed E-state index contributed by atoms with van der Waals surface area (Å²) in [4.78, 5) is 0. The Hall–Kier alpha value is -1.75. The van der Waals surface area contributed by atoms with Crippen LogP contribution in [-0.2, 0) is 18.3 Å². The summed E-state index contributed by atoms with van der Waals surface area (Å²) in [6.07, 6.45) is 43.5. The molecule has 1 aliphatic rings. The highest BCUT2D eigenvalue weighted by molar-refractivity contribution is 5.29. The van der Waals surface area contributed by atoms with Crippen molar-refractivity contribution in [2.75, 3.05) is 0 Å². The molecule has 0 heterocycles. The van der Waals surface area contributed by atoms with Gasteiger partial charge in [0.2, 0.25) is 0 Å². The molecule has 3 N–H and O–H groups in total. The summed E-state index contributed by atoms with van der Waals surface area (Å²) in [7, 11) is 0. The van der Waals surface area contributed by atoms with Gasteiger partial charge < -0.3 is 15.3 Å². The molecule has 4 heteroatoms. The molecule has 12 atom stereocenters. The first-order valence-electron chi connectivity index (χ1n) is 50.8. The average Bonchev–Trinajstić information content (AvgIpc) is 1.14. The van der Waals surface area contributed by atoms with Crippen molar-refractivity contribution in [3.05, 3.63) is 71.0 Å². The van der Waals surface area contributed by atoms with Gasteiger partial charge in [0, 0.05) is 2.74 Å². The van der Waals surface area contributed by atoms with E-state index in [-0.39, 0.29) is 42.3 Å². The molecule has 1 saturated carbocycles. The zero-order valence-electron chi connectivity index (χ0n) is 86.2. The molecule has 12 unspecified atom stereocenters. The van der Waals surface area contributed by atoms with Crippen molar-refractivity contribution in [3.8, 4) is 0 Å². The minimum Gasteiger partial charge on any atom is -0.393 e. The number of hydrogen-bond donors (Lipinski definition) is 3. The summed E-state index contributed by atoms with van der Waals surface area (Å²) in [6, 6.07) is 16.3. The Balaban J connectivity index is -0.000000637. The molecule has 0 radical (unpaired) electrons. The third-order valence-electron chi connectivity index (χ3n) is 25.6. The van der Waals surface area contributed by atoms with Crippen LogP contribution in [0.2, 0.25) is 0 Å². The second-order valence-electron chi connectivity index (χ2n) is 43.9. The lowest BCUT2D eigenvalue weighted by Crippen LogP contribution is -2.22. The minimum absolute atomic E-state index is 0.0707. The van der Waals surface area contributed by atoms with Crippen LogP contribution < -0.4 is 0 Å². The Labute approximate surface area is 723 Å². The molecule has 1 fully saturated rings. The molecular formula is C110H215FO3. The van der Waals surface area contributed by atoms with Crippen molar-refractivity contribution < 1.29 is 22.5 Å². The Morgan fingerprint density at radius 1 is 0.333 bits per heavy atom. The fraction of sp³-hybridized carbons (Fsp3) is 0.891. The molecule has 114 heavy (non-hydrogen) atoms. The lowest BCUT2D eigenvalue weighted by molar-refractivity contribution is 0.0811. The Morgan fingerprint density at radius 2 is 0.711 bits per heavy atom. The zero-order chi connectivity index (χ0) is 89.8. The van der Waals surface area contributed by atoms with Gasteiger partial charge in [-0.15, -0.1) is 0 Å². The van der Waals surface area contributed by atoms with Gasteiger partial charge in [0.25, 0.3) is 0 Å². The highest BCUT2D eigenvalue weighted by atomic mass is 19.1. The number of hydrogen-bond acceptors (Lipinski definition) is 3. The van der Waals surface area contributed by atoms with Crippen LogP contribution in [0.5, 0.6) is 0 Å². The fourth-order valence-corrected chi connectivity index (χ4v) is 14.5. The molecule has 1 aliphatic carbocycles. The first-order valence-corrected chi connectivity index (χ1v) is 49.7. The zero-order valence-corrected chi connectivity index (χ0v) is 84.2. The van der Waals surface area contributed by atoms with Crippen LogP contribution in [0.25, 0.3) is 0 Å². The van der Waals surface area contributed by atoms with E-state index in [1.807, 2.05) is 12.1 Å². The summed E-state index contributed by atoms with van der Waals surface area (Å²) in [5.41, 5.74) is 4.51. The van der Waals surface area contributed by atoms with E-state index in [0.717, 1.165) is 148 Å². The maximum Gasteiger partial charge on any atom is 0.123 e. The second kappa shape index (κ2) is 72.8. The number of rotatable bonds is 55. The van der Waals surface area contributed by atoms with Gasteiger partial charge in [-0.3, -0.25) is 0 Å². The highest BCUT2D eigenvalue weighted by Gasteiger charge is 2.27. The fourth-order valence-electron chi connectivity index (χ4n) is 14.5. The molecular weight excluding hydrogens is 1390 g/mol. The van der Waals surface area contributed by atoms with E-state index < -0.39 is 0 Å². The largest absolute Gasteiger partial charge is 0.393 e. The minimum atomic E-state index is -0.190. The predicted molar refractivity (Wildman–Crippen MR) is 517 cm³/mol. The molecule has 2 aromatic rings. The highest BCUT2D eigenvalue weighted by Crippen LogP contribution is 2.39. The Kier molecular flexibility index (Phi) is 73.0. The van der Waals surface area contributed by atoms with E-state index in [1.54, 1.807) is 12.1 Å². The summed E-state index contributed by atoms with van der Waals surface area (Å²) in [5, 5.41) is 29.4. The van der Waals surface area contributed by atoms with Crippen molar-refractivity contribution >= 4 is 0 Å². The molecule has 3 rings (SSSR count). The van der Waals surface area contributed by atoms with Crippen LogP contribution in [0.1, 0.15) is 486 Å². The van der Waals surface area contributed by atoms with Crippen LogP contribution >= 0.6 is 0 Å². The average molecular weight is 1610 g/mol. The summed E-state index contributed by atoms with van der Waals surface area (Å²) < 4.78 is 28.7. The molecule has 0 aliphatic heterocycles. The molecule has 0 aromatic heterocycles. The van der Waals surface area contributed by atoms with E-state index in [0.29, 0.717) is 53.3 Å². The normalized spacial score (nSPS) is 16.1. The maximum absolute atomic E-state index is 12.9. The second-order valence-corrected chi connectivity index (χ2v) is 43.9. The smallest absolute Gasteiger partial charge is 0.123 e. The van der Waals surface area contributed by atoms with E-state index in [9.17, 15) is 19.7 Å². The standard InChI is InChI=1S/C23H40.C19H31F.C16H32.3C13H28O.C13H28/c1-18(2)12-9-8-10-14-21(19(3)4)16-20-13-11-15-22(17-20)23(5,6)7;1-15(2)8-6-5-7-9-18(16(3)4)14-17-10-12-19(20)13-11-17;1-13(2)8-6-5-7-9-16(14(3)4)12-15-10-11-15;1-10(2)6-8-13(14)9-7-12(5)11(3)4;1-10(2)7-6-8-13(14)9-12(5)11(3)4;1-10(2)8-6-7-9-13(14)12(5)11(3)4;1-11(2)9-7-6-8-10-13(5)12(3)4/h11,13,15,17-19,21H,8-10,12,14,16H2,1-7H3;10-13,15-16,18H,5-9,14H2,1-4H3;13-16H,5-12H2,1-4H3;3*10-14H,6-9H2,1-5H3;11-13H,6-10H2,1-5H3/i;;;;;;6D,7D. The monoisotopic (exact) mass is 1610 g/mol. The van der Waals surface area contributed by atoms with Gasteiger partial charge in [0.15, 0.2) is 0 Å². The maximum atomic E-state index is 12.9. The molecule has 680 valence electrons. The third kappa shape index (κ3) is 77.6.